The standard InChI is InChI=1S/C24H33N5O2/c1-18-7-4-5-8-21(18)19(2)15-23(30)28-13-11-27(12-14-28)22-9-6-10-29(24(22)31)20-16-25-26(3)17-20/h4-5,7-8,16-17,19,22H,6,9-15H2,1-3H3/t19-,22+/m1/s1. The summed E-state index contributed by atoms with van der Waals surface area (Å²) in [6.07, 6.45) is 6.05. The van der Waals surface area contributed by atoms with E-state index < -0.39 is 0 Å². The molecule has 7 heteroatoms. The number of hydrogen-bond donors (Lipinski definition) is 0. The Balaban J connectivity index is 1.32. The van der Waals surface area contributed by atoms with Gasteiger partial charge in [-0.15, -0.1) is 0 Å². The molecule has 2 aliphatic heterocycles. The van der Waals surface area contributed by atoms with Crippen LogP contribution in [0.1, 0.15) is 43.2 Å². The number of benzene rings is 1. The molecule has 0 radical (unpaired) electrons. The predicted molar refractivity (Wildman–Crippen MR) is 121 cm³/mol. The number of piperidine rings is 1. The van der Waals surface area contributed by atoms with Crippen LogP contribution in [0.4, 0.5) is 5.69 Å². The number of anilines is 1. The van der Waals surface area contributed by atoms with Crippen molar-refractivity contribution in [1.29, 1.82) is 0 Å². The zero-order valence-corrected chi connectivity index (χ0v) is 18.8. The van der Waals surface area contributed by atoms with Crippen molar-refractivity contribution in [2.24, 2.45) is 7.05 Å². The predicted octanol–water partition coefficient (Wildman–Crippen LogP) is 2.56. The van der Waals surface area contributed by atoms with E-state index in [1.165, 1.54) is 11.1 Å². The van der Waals surface area contributed by atoms with Gasteiger partial charge in [0.25, 0.3) is 0 Å². The van der Waals surface area contributed by atoms with Crippen LogP contribution in [0.25, 0.3) is 0 Å². The third kappa shape index (κ3) is 4.66. The first-order chi connectivity index (χ1) is 14.9. The lowest BCUT2D eigenvalue weighted by molar-refractivity contribution is -0.134. The number of piperazine rings is 1. The molecule has 1 aromatic heterocycles. The number of nitrogens with zero attached hydrogens (tertiary/aromatic N) is 5. The number of carbonyl (C=O) groups excluding carboxylic acids is 2. The minimum Gasteiger partial charge on any atom is -0.340 e. The number of carbonyl (C=O) groups is 2. The summed E-state index contributed by atoms with van der Waals surface area (Å²) >= 11 is 0. The third-order valence-electron chi connectivity index (χ3n) is 6.72. The van der Waals surface area contributed by atoms with Gasteiger partial charge in [0.2, 0.25) is 11.8 Å². The molecule has 1 aromatic carbocycles. The summed E-state index contributed by atoms with van der Waals surface area (Å²) in [4.78, 5) is 32.2. The lowest BCUT2D eigenvalue weighted by Crippen LogP contribution is -2.58. The van der Waals surface area contributed by atoms with E-state index in [1.54, 1.807) is 10.9 Å². The highest BCUT2D eigenvalue weighted by molar-refractivity contribution is 5.97. The topological polar surface area (TPSA) is 61.7 Å². The maximum absolute atomic E-state index is 13.2. The first-order valence-electron chi connectivity index (χ1n) is 11.3. The molecule has 0 saturated carbocycles. The van der Waals surface area contributed by atoms with Gasteiger partial charge in [0.05, 0.1) is 17.9 Å². The fourth-order valence-corrected chi connectivity index (χ4v) is 4.92. The number of hydrogen-bond acceptors (Lipinski definition) is 4. The highest BCUT2D eigenvalue weighted by atomic mass is 16.2. The van der Waals surface area contributed by atoms with Crippen LogP contribution in [0, 0.1) is 6.92 Å². The molecule has 2 aliphatic rings. The van der Waals surface area contributed by atoms with Crippen molar-refractivity contribution in [3.05, 3.63) is 47.8 Å². The van der Waals surface area contributed by atoms with Crippen molar-refractivity contribution in [1.82, 2.24) is 19.6 Å². The van der Waals surface area contributed by atoms with Crippen LogP contribution in [0.15, 0.2) is 36.7 Å². The molecule has 2 atom stereocenters. The summed E-state index contributed by atoms with van der Waals surface area (Å²) in [5.74, 6) is 0.578. The molecule has 2 aromatic rings. The number of aryl methyl sites for hydroxylation is 2. The fourth-order valence-electron chi connectivity index (χ4n) is 4.92. The van der Waals surface area contributed by atoms with E-state index in [1.807, 2.05) is 35.2 Å². The maximum Gasteiger partial charge on any atom is 0.244 e. The SMILES string of the molecule is Cc1ccccc1[C@H](C)CC(=O)N1CCN([C@H]2CCCN(c3cnn(C)c3)C2=O)CC1. The van der Waals surface area contributed by atoms with Crippen LogP contribution in [0.5, 0.6) is 0 Å². The smallest absolute Gasteiger partial charge is 0.244 e. The van der Waals surface area contributed by atoms with Gasteiger partial charge in [0, 0.05) is 52.4 Å². The molecule has 0 aliphatic carbocycles. The van der Waals surface area contributed by atoms with E-state index in [-0.39, 0.29) is 23.8 Å². The molecule has 3 heterocycles. The second kappa shape index (κ2) is 9.22. The Bertz CT molecular complexity index is 932. The van der Waals surface area contributed by atoms with Gasteiger partial charge in [-0.2, -0.15) is 5.10 Å². The normalized spacial score (nSPS) is 21.4. The second-order valence-corrected chi connectivity index (χ2v) is 8.90. The van der Waals surface area contributed by atoms with E-state index in [9.17, 15) is 9.59 Å². The Morgan fingerprint density at radius 2 is 1.90 bits per heavy atom. The zero-order valence-electron chi connectivity index (χ0n) is 18.8. The Morgan fingerprint density at radius 1 is 1.16 bits per heavy atom. The average molecular weight is 424 g/mol. The summed E-state index contributed by atoms with van der Waals surface area (Å²) in [7, 11) is 1.87. The molecule has 0 N–H and O–H groups in total. The van der Waals surface area contributed by atoms with Gasteiger partial charge < -0.3 is 9.80 Å². The van der Waals surface area contributed by atoms with Gasteiger partial charge in [-0.05, 0) is 36.8 Å². The first kappa shape index (κ1) is 21.6. The molecule has 2 amide bonds. The van der Waals surface area contributed by atoms with Crippen LogP contribution in [-0.2, 0) is 16.6 Å². The molecule has 31 heavy (non-hydrogen) atoms. The van der Waals surface area contributed by atoms with Crippen LogP contribution in [0.3, 0.4) is 0 Å². The molecular weight excluding hydrogens is 390 g/mol. The summed E-state index contributed by atoms with van der Waals surface area (Å²) in [6, 6.07) is 8.20. The molecule has 0 bridgehead atoms. The molecule has 2 fully saturated rings. The van der Waals surface area contributed by atoms with Gasteiger partial charge in [-0.1, -0.05) is 31.2 Å². The summed E-state index contributed by atoms with van der Waals surface area (Å²) in [5.41, 5.74) is 3.36. The Labute approximate surface area is 184 Å². The second-order valence-electron chi connectivity index (χ2n) is 8.90. The maximum atomic E-state index is 13.2. The molecule has 0 spiro atoms. The van der Waals surface area contributed by atoms with Crippen LogP contribution >= 0.6 is 0 Å². The van der Waals surface area contributed by atoms with Crippen LogP contribution in [0.2, 0.25) is 0 Å². The molecule has 4 rings (SSSR count). The summed E-state index contributed by atoms with van der Waals surface area (Å²) in [5, 5.41) is 4.21. The van der Waals surface area contributed by atoms with Gasteiger partial charge in [-0.3, -0.25) is 19.2 Å². The van der Waals surface area contributed by atoms with Gasteiger partial charge in [-0.25, -0.2) is 0 Å². The van der Waals surface area contributed by atoms with Gasteiger partial charge in [0.1, 0.15) is 0 Å². The number of aromatic nitrogens is 2. The van der Waals surface area contributed by atoms with Crippen molar-refractivity contribution in [2.75, 3.05) is 37.6 Å². The number of amides is 2. The monoisotopic (exact) mass is 423 g/mol. The molecule has 2 saturated heterocycles. The van der Waals surface area contributed by atoms with Crippen molar-refractivity contribution < 1.29 is 9.59 Å². The summed E-state index contributed by atoms with van der Waals surface area (Å²) < 4.78 is 1.73. The average Bonchev–Trinajstić information content (AvgIpc) is 3.20. The quantitative estimate of drug-likeness (QED) is 0.742. The van der Waals surface area contributed by atoms with Crippen molar-refractivity contribution in [2.45, 2.75) is 45.1 Å². The minimum atomic E-state index is -0.0999. The van der Waals surface area contributed by atoms with Crippen molar-refractivity contribution >= 4 is 17.5 Å². The summed E-state index contributed by atoms with van der Waals surface area (Å²) in [6.45, 7) is 7.86. The molecule has 7 nitrogen and oxygen atoms in total. The first-order valence-corrected chi connectivity index (χ1v) is 11.3. The zero-order chi connectivity index (χ0) is 22.0. The van der Waals surface area contributed by atoms with E-state index >= 15 is 0 Å². The van der Waals surface area contributed by atoms with Crippen LogP contribution in [-0.4, -0.2) is 70.2 Å². The Morgan fingerprint density at radius 3 is 2.58 bits per heavy atom. The van der Waals surface area contributed by atoms with Gasteiger partial charge >= 0.3 is 0 Å². The number of rotatable bonds is 5. The highest BCUT2D eigenvalue weighted by Gasteiger charge is 2.36. The Hall–Kier alpha value is -2.67. The van der Waals surface area contributed by atoms with E-state index in [0.717, 1.165) is 38.2 Å². The molecule has 166 valence electrons. The largest absolute Gasteiger partial charge is 0.340 e. The molecular formula is C24H33N5O2. The van der Waals surface area contributed by atoms with E-state index in [0.29, 0.717) is 19.5 Å². The van der Waals surface area contributed by atoms with Crippen molar-refractivity contribution in [3.8, 4) is 0 Å². The Kier molecular flexibility index (Phi) is 6.41. The minimum absolute atomic E-state index is 0.0999. The van der Waals surface area contributed by atoms with E-state index in [4.69, 9.17) is 0 Å². The van der Waals surface area contributed by atoms with E-state index in [2.05, 4.69) is 36.0 Å². The van der Waals surface area contributed by atoms with Gasteiger partial charge in [0.15, 0.2) is 0 Å². The molecule has 0 unspecified atom stereocenters. The third-order valence-corrected chi connectivity index (χ3v) is 6.72. The van der Waals surface area contributed by atoms with Crippen LogP contribution < -0.4 is 4.90 Å². The van der Waals surface area contributed by atoms with Crippen molar-refractivity contribution in [3.63, 3.8) is 0 Å². The lowest BCUT2D eigenvalue weighted by Gasteiger charge is -2.42. The lowest BCUT2D eigenvalue weighted by atomic mass is 9.93. The highest BCUT2D eigenvalue weighted by Crippen LogP contribution is 2.26. The fraction of sp³-hybridized carbons (Fsp3) is 0.542.